The Morgan fingerprint density at radius 1 is 0.947 bits per heavy atom. The van der Waals surface area contributed by atoms with E-state index in [9.17, 15) is 0 Å². The molecule has 2 rings (SSSR count). The molecule has 0 spiro atoms. The van der Waals surface area contributed by atoms with Crippen LogP contribution in [0.5, 0.6) is 5.75 Å². The van der Waals surface area contributed by atoms with E-state index in [-0.39, 0.29) is 12.4 Å². The maximum Gasteiger partial charge on any atom is 0.115 e. The third kappa shape index (κ3) is 6.04. The number of aliphatic hydroxyl groups excluding tert-OH is 2. The molecule has 102 valence electrons. The second-order valence-corrected chi connectivity index (χ2v) is 4.23. The first-order valence-electron chi connectivity index (χ1n) is 6.25. The van der Waals surface area contributed by atoms with E-state index >= 15 is 0 Å². The highest BCUT2D eigenvalue weighted by Gasteiger charge is 1.97. The Hall–Kier alpha value is -1.84. The van der Waals surface area contributed by atoms with E-state index in [0.29, 0.717) is 0 Å². The Bertz CT molecular complexity index is 449. The molecular weight excluding hydrogens is 240 g/mol. The molecule has 3 nitrogen and oxygen atoms in total. The number of phenolic OH excluding ortho intramolecular Hbond substituents is 1. The lowest BCUT2D eigenvalue weighted by Gasteiger charge is -2.02. The highest BCUT2D eigenvalue weighted by molar-refractivity contribution is 5.26. The molecule has 1 unspecified atom stereocenters. The van der Waals surface area contributed by atoms with Crippen molar-refractivity contribution < 1.29 is 15.3 Å². The van der Waals surface area contributed by atoms with Crippen molar-refractivity contribution in [3.63, 3.8) is 0 Å². The Morgan fingerprint density at radius 2 is 1.53 bits per heavy atom. The predicted octanol–water partition coefficient (Wildman–Crippen LogP) is 2.67. The van der Waals surface area contributed by atoms with Crippen LogP contribution in [-0.4, -0.2) is 21.9 Å². The minimum atomic E-state index is -0.458. The van der Waals surface area contributed by atoms with Crippen molar-refractivity contribution in [3.05, 3.63) is 65.7 Å². The molecule has 3 N–H and O–H groups in total. The van der Waals surface area contributed by atoms with E-state index in [1.807, 2.05) is 30.3 Å². The molecule has 0 heterocycles. The quantitative estimate of drug-likeness (QED) is 0.795. The van der Waals surface area contributed by atoms with Crippen LogP contribution < -0.4 is 0 Å². The first-order valence-corrected chi connectivity index (χ1v) is 6.25. The minimum absolute atomic E-state index is 0.226. The fourth-order valence-corrected chi connectivity index (χ4v) is 1.53. The van der Waals surface area contributed by atoms with E-state index in [2.05, 4.69) is 0 Å². The van der Waals surface area contributed by atoms with Gasteiger partial charge in [0.1, 0.15) is 5.75 Å². The summed E-state index contributed by atoms with van der Waals surface area (Å²) in [4.78, 5) is 0. The zero-order chi connectivity index (χ0) is 14.1. The van der Waals surface area contributed by atoms with E-state index in [4.69, 9.17) is 15.3 Å². The summed E-state index contributed by atoms with van der Waals surface area (Å²) >= 11 is 0. The van der Waals surface area contributed by atoms with Crippen LogP contribution in [0.4, 0.5) is 0 Å². The number of hydrogen-bond donors (Lipinski definition) is 3. The molecule has 0 saturated carbocycles. The predicted molar refractivity (Wildman–Crippen MR) is 76.0 cm³/mol. The standard InChI is InChI=1S/C8H10O2.C8H10O/c1-6(9)7-2-4-8(10)5-3-7;9-7-6-8-4-2-1-3-5-8/h2-6,9-10H,1H3;1-5,9H,6-7H2. The molecule has 0 aromatic heterocycles. The van der Waals surface area contributed by atoms with Gasteiger partial charge >= 0.3 is 0 Å². The van der Waals surface area contributed by atoms with Crippen molar-refractivity contribution in [2.75, 3.05) is 6.61 Å². The molecule has 3 heteroatoms. The lowest BCUT2D eigenvalue weighted by molar-refractivity contribution is 0.199. The lowest BCUT2D eigenvalue weighted by atomic mass is 10.1. The van der Waals surface area contributed by atoms with Crippen LogP contribution in [0.25, 0.3) is 0 Å². The number of hydrogen-bond acceptors (Lipinski definition) is 3. The molecule has 1 atom stereocenters. The monoisotopic (exact) mass is 260 g/mol. The summed E-state index contributed by atoms with van der Waals surface area (Å²) in [6.07, 6.45) is 0.307. The summed E-state index contributed by atoms with van der Waals surface area (Å²) in [6, 6.07) is 16.5. The first-order chi connectivity index (χ1) is 9.13. The highest BCUT2D eigenvalue weighted by Crippen LogP contribution is 2.15. The Labute approximate surface area is 113 Å². The fraction of sp³-hybridized carbons (Fsp3) is 0.250. The average Bonchev–Trinajstić information content (AvgIpc) is 2.41. The molecule has 0 radical (unpaired) electrons. The molecule has 0 amide bonds. The van der Waals surface area contributed by atoms with E-state index in [1.54, 1.807) is 31.2 Å². The normalized spacial score (nSPS) is 11.3. The lowest BCUT2D eigenvalue weighted by Crippen LogP contribution is -1.88. The van der Waals surface area contributed by atoms with Gasteiger partial charge in [0.25, 0.3) is 0 Å². The van der Waals surface area contributed by atoms with E-state index in [0.717, 1.165) is 12.0 Å². The molecule has 19 heavy (non-hydrogen) atoms. The molecule has 0 bridgehead atoms. The van der Waals surface area contributed by atoms with Crippen molar-refractivity contribution in [2.45, 2.75) is 19.4 Å². The molecule has 0 aliphatic heterocycles. The molecular formula is C16H20O3. The van der Waals surface area contributed by atoms with Gasteiger partial charge in [0, 0.05) is 6.61 Å². The Morgan fingerprint density at radius 3 is 2.00 bits per heavy atom. The molecule has 2 aromatic carbocycles. The van der Waals surface area contributed by atoms with Gasteiger partial charge in [-0.2, -0.15) is 0 Å². The Balaban J connectivity index is 0.000000191. The van der Waals surface area contributed by atoms with Crippen LogP contribution in [-0.2, 0) is 6.42 Å². The van der Waals surface area contributed by atoms with Crippen LogP contribution in [0.1, 0.15) is 24.2 Å². The first kappa shape index (κ1) is 15.2. The third-order valence-electron chi connectivity index (χ3n) is 2.62. The topological polar surface area (TPSA) is 60.7 Å². The van der Waals surface area contributed by atoms with Gasteiger partial charge in [-0.3, -0.25) is 0 Å². The zero-order valence-corrected chi connectivity index (χ0v) is 11.0. The van der Waals surface area contributed by atoms with Crippen molar-refractivity contribution >= 4 is 0 Å². The van der Waals surface area contributed by atoms with Crippen molar-refractivity contribution in [3.8, 4) is 5.75 Å². The fourth-order valence-electron chi connectivity index (χ4n) is 1.53. The molecule has 0 aliphatic carbocycles. The van der Waals surface area contributed by atoms with Gasteiger partial charge < -0.3 is 15.3 Å². The number of aromatic hydroxyl groups is 1. The molecule has 2 aromatic rings. The maximum absolute atomic E-state index is 9.03. The number of phenols is 1. The summed E-state index contributed by atoms with van der Waals surface area (Å²) in [5.74, 6) is 0.226. The summed E-state index contributed by atoms with van der Waals surface area (Å²) in [5.41, 5.74) is 2.01. The maximum atomic E-state index is 9.03. The zero-order valence-electron chi connectivity index (χ0n) is 11.0. The van der Waals surface area contributed by atoms with Crippen molar-refractivity contribution in [1.82, 2.24) is 0 Å². The van der Waals surface area contributed by atoms with Crippen LogP contribution in [0, 0.1) is 0 Å². The number of benzene rings is 2. The van der Waals surface area contributed by atoms with Crippen LogP contribution >= 0.6 is 0 Å². The largest absolute Gasteiger partial charge is 0.508 e. The van der Waals surface area contributed by atoms with Gasteiger partial charge in [-0.25, -0.2) is 0 Å². The second kappa shape index (κ2) is 8.29. The second-order valence-electron chi connectivity index (χ2n) is 4.23. The van der Waals surface area contributed by atoms with Crippen LogP contribution in [0.15, 0.2) is 54.6 Å². The van der Waals surface area contributed by atoms with Gasteiger partial charge in [-0.15, -0.1) is 0 Å². The summed E-state index contributed by atoms with van der Waals surface area (Å²) in [6.45, 7) is 1.93. The highest BCUT2D eigenvalue weighted by atomic mass is 16.3. The number of aliphatic hydroxyl groups is 2. The van der Waals surface area contributed by atoms with Gasteiger partial charge in [-0.05, 0) is 36.6 Å². The van der Waals surface area contributed by atoms with E-state index in [1.165, 1.54) is 5.56 Å². The summed E-state index contributed by atoms with van der Waals surface area (Å²) in [7, 11) is 0. The molecule has 0 fully saturated rings. The summed E-state index contributed by atoms with van der Waals surface area (Å²) < 4.78 is 0. The third-order valence-corrected chi connectivity index (χ3v) is 2.62. The number of rotatable bonds is 3. The molecule has 0 aliphatic rings. The molecule has 0 saturated heterocycles. The average molecular weight is 260 g/mol. The van der Waals surface area contributed by atoms with Gasteiger partial charge in [-0.1, -0.05) is 42.5 Å². The van der Waals surface area contributed by atoms with Crippen molar-refractivity contribution in [2.24, 2.45) is 0 Å². The van der Waals surface area contributed by atoms with Crippen molar-refractivity contribution in [1.29, 1.82) is 0 Å². The van der Waals surface area contributed by atoms with Gasteiger partial charge in [0.2, 0.25) is 0 Å². The van der Waals surface area contributed by atoms with Gasteiger partial charge in [0.05, 0.1) is 6.10 Å². The minimum Gasteiger partial charge on any atom is -0.508 e. The Kier molecular flexibility index (Phi) is 6.64. The summed E-state index contributed by atoms with van der Waals surface area (Å²) in [5, 5.41) is 26.4. The van der Waals surface area contributed by atoms with Crippen LogP contribution in [0.3, 0.4) is 0 Å². The SMILES string of the molecule is CC(O)c1ccc(O)cc1.OCCc1ccccc1. The van der Waals surface area contributed by atoms with Crippen LogP contribution in [0.2, 0.25) is 0 Å². The van der Waals surface area contributed by atoms with E-state index < -0.39 is 6.10 Å². The smallest absolute Gasteiger partial charge is 0.115 e. The van der Waals surface area contributed by atoms with Gasteiger partial charge in [0.15, 0.2) is 0 Å².